The van der Waals surface area contributed by atoms with Gasteiger partial charge in [0.15, 0.2) is 0 Å². The first kappa shape index (κ1) is 14.9. The van der Waals surface area contributed by atoms with Gasteiger partial charge in [-0.3, -0.25) is 4.79 Å². The fraction of sp³-hybridized carbons (Fsp3) is 0.267. The molecule has 20 heavy (non-hydrogen) atoms. The highest BCUT2D eigenvalue weighted by Gasteiger charge is 2.13. The first-order chi connectivity index (χ1) is 9.65. The second-order valence-electron chi connectivity index (χ2n) is 4.39. The van der Waals surface area contributed by atoms with Crippen LogP contribution in [0.4, 0.5) is 5.69 Å². The maximum Gasteiger partial charge on any atom is 0.252 e. The van der Waals surface area contributed by atoms with Crippen molar-refractivity contribution in [2.75, 3.05) is 12.4 Å². The van der Waals surface area contributed by atoms with E-state index in [0.717, 1.165) is 12.1 Å². The molecule has 0 saturated carbocycles. The van der Waals surface area contributed by atoms with E-state index in [2.05, 4.69) is 29.0 Å². The van der Waals surface area contributed by atoms with Crippen molar-refractivity contribution in [3.05, 3.63) is 51.2 Å². The summed E-state index contributed by atoms with van der Waals surface area (Å²) in [5, 5.41) is 8.57. The quantitative estimate of drug-likeness (QED) is 0.863. The smallest absolute Gasteiger partial charge is 0.252 e. The Morgan fingerprint density at radius 3 is 2.80 bits per heavy atom. The first-order valence-corrected chi connectivity index (χ1v) is 7.73. The highest BCUT2D eigenvalue weighted by Crippen LogP contribution is 2.28. The van der Waals surface area contributed by atoms with Crippen LogP contribution in [0.3, 0.4) is 0 Å². The lowest BCUT2D eigenvalue weighted by Gasteiger charge is -2.17. The minimum Gasteiger partial charge on any atom is -0.377 e. The fourth-order valence-corrected chi connectivity index (χ4v) is 3.05. The molecule has 1 unspecified atom stereocenters. The molecule has 1 aromatic carbocycles. The molecule has 0 saturated heterocycles. The number of hydrogen-bond donors (Lipinski definition) is 2. The van der Waals surface area contributed by atoms with Gasteiger partial charge in [0, 0.05) is 17.6 Å². The van der Waals surface area contributed by atoms with E-state index in [1.54, 1.807) is 30.5 Å². The van der Waals surface area contributed by atoms with Crippen LogP contribution in [0.15, 0.2) is 35.7 Å². The Labute approximate surface area is 128 Å². The van der Waals surface area contributed by atoms with Crippen LogP contribution in [0.1, 0.15) is 34.6 Å². The standard InChI is InChI=1S/C15H17ClN2OS/c1-3-13(14-5-4-8-20-14)18-10-6-7-12(16)11(9-10)15(19)17-2/h4-9,13,18H,3H2,1-2H3,(H,17,19). The Hall–Kier alpha value is -1.52. The monoisotopic (exact) mass is 308 g/mol. The highest BCUT2D eigenvalue weighted by molar-refractivity contribution is 7.10. The lowest BCUT2D eigenvalue weighted by Crippen LogP contribution is -2.18. The minimum atomic E-state index is -0.178. The predicted molar refractivity (Wildman–Crippen MR) is 85.8 cm³/mol. The number of anilines is 1. The van der Waals surface area contributed by atoms with Crippen molar-refractivity contribution in [3.63, 3.8) is 0 Å². The summed E-state index contributed by atoms with van der Waals surface area (Å²) in [6.07, 6.45) is 0.971. The van der Waals surface area contributed by atoms with Gasteiger partial charge in [-0.05, 0) is 36.1 Å². The summed E-state index contributed by atoms with van der Waals surface area (Å²) in [6.45, 7) is 2.13. The van der Waals surface area contributed by atoms with Crippen LogP contribution >= 0.6 is 22.9 Å². The summed E-state index contributed by atoms with van der Waals surface area (Å²) in [4.78, 5) is 13.0. The van der Waals surface area contributed by atoms with Crippen LogP contribution in [-0.4, -0.2) is 13.0 Å². The molecule has 0 spiro atoms. The second-order valence-corrected chi connectivity index (χ2v) is 5.78. The number of nitrogens with one attached hydrogen (secondary N) is 2. The zero-order valence-electron chi connectivity index (χ0n) is 11.4. The van der Waals surface area contributed by atoms with Crippen LogP contribution < -0.4 is 10.6 Å². The third-order valence-corrected chi connectivity index (χ3v) is 4.39. The molecule has 0 radical (unpaired) electrons. The Morgan fingerprint density at radius 1 is 1.40 bits per heavy atom. The van der Waals surface area contributed by atoms with Crippen LogP contribution in [-0.2, 0) is 0 Å². The largest absolute Gasteiger partial charge is 0.377 e. The summed E-state index contributed by atoms with van der Waals surface area (Å²) >= 11 is 7.78. The molecule has 1 amide bonds. The van der Waals surface area contributed by atoms with Gasteiger partial charge in [0.05, 0.1) is 16.6 Å². The molecular weight excluding hydrogens is 292 g/mol. The minimum absolute atomic E-state index is 0.178. The summed E-state index contributed by atoms with van der Waals surface area (Å²) in [5.74, 6) is -0.178. The molecule has 1 heterocycles. The number of thiophene rings is 1. The van der Waals surface area contributed by atoms with E-state index in [0.29, 0.717) is 10.6 Å². The fourth-order valence-electron chi connectivity index (χ4n) is 1.99. The summed E-state index contributed by atoms with van der Waals surface area (Å²) < 4.78 is 0. The number of benzene rings is 1. The number of halogens is 1. The van der Waals surface area contributed by atoms with E-state index in [9.17, 15) is 4.79 Å². The number of amides is 1. The molecule has 1 atom stereocenters. The molecule has 0 aliphatic carbocycles. The van der Waals surface area contributed by atoms with Crippen molar-refractivity contribution in [2.45, 2.75) is 19.4 Å². The van der Waals surface area contributed by atoms with Gasteiger partial charge in [-0.25, -0.2) is 0 Å². The molecular formula is C15H17ClN2OS. The lowest BCUT2D eigenvalue weighted by molar-refractivity contribution is 0.0963. The molecule has 0 fully saturated rings. The summed E-state index contributed by atoms with van der Waals surface area (Å²) in [7, 11) is 1.60. The van der Waals surface area contributed by atoms with Gasteiger partial charge in [-0.15, -0.1) is 11.3 Å². The Bertz CT molecular complexity index is 584. The molecule has 0 bridgehead atoms. The Morgan fingerprint density at radius 2 is 2.20 bits per heavy atom. The summed E-state index contributed by atoms with van der Waals surface area (Å²) in [6, 6.07) is 9.83. The van der Waals surface area contributed by atoms with Crippen LogP contribution in [0.2, 0.25) is 5.02 Å². The average molecular weight is 309 g/mol. The van der Waals surface area contributed by atoms with Crippen LogP contribution in [0, 0.1) is 0 Å². The van der Waals surface area contributed by atoms with Crippen LogP contribution in [0.5, 0.6) is 0 Å². The maximum absolute atomic E-state index is 11.7. The molecule has 1 aromatic heterocycles. The second kappa shape index (κ2) is 6.77. The van der Waals surface area contributed by atoms with Crippen molar-refractivity contribution in [3.8, 4) is 0 Å². The van der Waals surface area contributed by atoms with Crippen molar-refractivity contribution >= 4 is 34.5 Å². The highest BCUT2D eigenvalue weighted by atomic mass is 35.5. The predicted octanol–water partition coefficient (Wildman–Crippen LogP) is 4.32. The number of carbonyl (C=O) groups is 1. The third-order valence-electron chi connectivity index (χ3n) is 3.07. The third kappa shape index (κ3) is 3.32. The average Bonchev–Trinajstić information content (AvgIpc) is 2.99. The number of rotatable bonds is 5. The first-order valence-electron chi connectivity index (χ1n) is 6.47. The number of carbonyl (C=O) groups excluding carboxylic acids is 1. The van der Waals surface area contributed by atoms with Gasteiger partial charge in [0.25, 0.3) is 5.91 Å². The van der Waals surface area contributed by atoms with E-state index in [-0.39, 0.29) is 11.9 Å². The topological polar surface area (TPSA) is 41.1 Å². The van der Waals surface area contributed by atoms with Crippen molar-refractivity contribution in [1.29, 1.82) is 0 Å². The normalized spacial score (nSPS) is 11.9. The van der Waals surface area contributed by atoms with Gasteiger partial charge < -0.3 is 10.6 Å². The molecule has 106 valence electrons. The van der Waals surface area contributed by atoms with Gasteiger partial charge in [0.1, 0.15) is 0 Å². The molecule has 0 aliphatic rings. The molecule has 2 aromatic rings. The van der Waals surface area contributed by atoms with Gasteiger partial charge in [-0.1, -0.05) is 24.6 Å². The van der Waals surface area contributed by atoms with E-state index in [1.807, 2.05) is 12.1 Å². The van der Waals surface area contributed by atoms with Crippen LogP contribution in [0.25, 0.3) is 0 Å². The summed E-state index contributed by atoms with van der Waals surface area (Å²) in [5.41, 5.74) is 1.38. The van der Waals surface area contributed by atoms with E-state index in [4.69, 9.17) is 11.6 Å². The Kier molecular flexibility index (Phi) is 5.04. The van der Waals surface area contributed by atoms with E-state index < -0.39 is 0 Å². The van der Waals surface area contributed by atoms with Crippen molar-refractivity contribution < 1.29 is 4.79 Å². The lowest BCUT2D eigenvalue weighted by atomic mass is 10.1. The Balaban J connectivity index is 2.23. The SMILES string of the molecule is CCC(Nc1ccc(Cl)c(C(=O)NC)c1)c1cccs1. The van der Waals surface area contributed by atoms with Gasteiger partial charge in [-0.2, -0.15) is 0 Å². The van der Waals surface area contributed by atoms with E-state index >= 15 is 0 Å². The van der Waals surface area contributed by atoms with Crippen molar-refractivity contribution in [1.82, 2.24) is 5.32 Å². The molecule has 0 aliphatic heterocycles. The molecule has 5 heteroatoms. The number of hydrogen-bond acceptors (Lipinski definition) is 3. The molecule has 2 N–H and O–H groups in total. The van der Waals surface area contributed by atoms with Gasteiger partial charge >= 0.3 is 0 Å². The van der Waals surface area contributed by atoms with E-state index in [1.165, 1.54) is 4.88 Å². The maximum atomic E-state index is 11.7. The zero-order valence-corrected chi connectivity index (χ0v) is 13.0. The molecule has 2 rings (SSSR count). The zero-order chi connectivity index (χ0) is 14.5. The van der Waals surface area contributed by atoms with Gasteiger partial charge in [0.2, 0.25) is 0 Å². The van der Waals surface area contributed by atoms with Crippen molar-refractivity contribution in [2.24, 2.45) is 0 Å². The molecule has 3 nitrogen and oxygen atoms in total.